The van der Waals surface area contributed by atoms with Gasteiger partial charge in [0.1, 0.15) is 0 Å². The first-order valence-electron chi connectivity index (χ1n) is 5.51. The predicted octanol–water partition coefficient (Wildman–Crippen LogP) is 1.16. The molecule has 0 aromatic heterocycles. The summed E-state index contributed by atoms with van der Waals surface area (Å²) in [6, 6.07) is 0.431. The van der Waals surface area contributed by atoms with Gasteiger partial charge in [0, 0.05) is 24.6 Å². The summed E-state index contributed by atoms with van der Waals surface area (Å²) in [7, 11) is 0. The second-order valence-corrected chi connectivity index (χ2v) is 4.80. The summed E-state index contributed by atoms with van der Waals surface area (Å²) < 4.78 is 5.43. The fourth-order valence-corrected chi connectivity index (χ4v) is 1.90. The van der Waals surface area contributed by atoms with Crippen LogP contribution in [0.1, 0.15) is 34.1 Å². The van der Waals surface area contributed by atoms with Crippen molar-refractivity contribution < 1.29 is 9.84 Å². The molecule has 3 nitrogen and oxygen atoms in total. The Bertz CT molecular complexity index is 182. The number of aliphatic hydroxyl groups excluding tert-OH is 1. The van der Waals surface area contributed by atoms with E-state index in [1.807, 2.05) is 6.92 Å². The van der Waals surface area contributed by atoms with E-state index in [-0.39, 0.29) is 17.6 Å². The molecule has 1 fully saturated rings. The summed E-state index contributed by atoms with van der Waals surface area (Å²) in [5, 5.41) is 13.0. The molecular weight excluding hydrogens is 178 g/mol. The molecule has 84 valence electrons. The van der Waals surface area contributed by atoms with Gasteiger partial charge in [0.2, 0.25) is 0 Å². The number of ether oxygens (including phenoxy) is 1. The minimum Gasteiger partial charge on any atom is -0.392 e. The first-order chi connectivity index (χ1) is 6.48. The van der Waals surface area contributed by atoms with Crippen LogP contribution in [0.5, 0.6) is 0 Å². The van der Waals surface area contributed by atoms with E-state index in [0.29, 0.717) is 6.04 Å². The van der Waals surface area contributed by atoms with Crippen LogP contribution in [0, 0.1) is 5.41 Å². The lowest BCUT2D eigenvalue weighted by molar-refractivity contribution is -0.0759. The Hall–Kier alpha value is -0.120. The quantitative estimate of drug-likeness (QED) is 0.701. The van der Waals surface area contributed by atoms with Crippen LogP contribution < -0.4 is 5.32 Å². The number of rotatable bonds is 5. The van der Waals surface area contributed by atoms with Crippen molar-refractivity contribution in [3.8, 4) is 0 Å². The van der Waals surface area contributed by atoms with Crippen molar-refractivity contribution in [3.05, 3.63) is 0 Å². The topological polar surface area (TPSA) is 41.5 Å². The van der Waals surface area contributed by atoms with Crippen LogP contribution in [-0.4, -0.2) is 36.5 Å². The van der Waals surface area contributed by atoms with E-state index in [2.05, 4.69) is 26.1 Å². The van der Waals surface area contributed by atoms with Gasteiger partial charge in [-0.25, -0.2) is 0 Å². The van der Waals surface area contributed by atoms with E-state index < -0.39 is 0 Å². The van der Waals surface area contributed by atoms with Gasteiger partial charge >= 0.3 is 0 Å². The van der Waals surface area contributed by atoms with E-state index in [1.54, 1.807) is 0 Å². The monoisotopic (exact) mass is 201 g/mol. The smallest absolute Gasteiger partial charge is 0.0671 e. The molecule has 0 saturated heterocycles. The van der Waals surface area contributed by atoms with Crippen molar-refractivity contribution >= 4 is 0 Å². The molecule has 3 heteroatoms. The maximum atomic E-state index is 9.54. The normalized spacial score (nSPS) is 32.4. The second kappa shape index (κ2) is 4.60. The highest BCUT2D eigenvalue weighted by Crippen LogP contribution is 2.40. The third-order valence-electron chi connectivity index (χ3n) is 3.32. The van der Waals surface area contributed by atoms with Gasteiger partial charge in [0.15, 0.2) is 0 Å². The molecule has 2 N–H and O–H groups in total. The first-order valence-corrected chi connectivity index (χ1v) is 5.51. The summed E-state index contributed by atoms with van der Waals surface area (Å²) in [6.45, 7) is 9.91. The Morgan fingerprint density at radius 1 is 1.57 bits per heavy atom. The highest BCUT2D eigenvalue weighted by Gasteiger charge is 2.46. The maximum Gasteiger partial charge on any atom is 0.0671 e. The lowest BCUT2D eigenvalue weighted by Crippen LogP contribution is -2.60. The molecule has 3 unspecified atom stereocenters. The molecule has 0 heterocycles. The van der Waals surface area contributed by atoms with Gasteiger partial charge in [-0.2, -0.15) is 0 Å². The lowest BCUT2D eigenvalue weighted by atomic mass is 9.64. The number of hydrogen-bond donors (Lipinski definition) is 2. The predicted molar refractivity (Wildman–Crippen MR) is 57.3 cm³/mol. The molecule has 3 atom stereocenters. The van der Waals surface area contributed by atoms with Gasteiger partial charge in [0.25, 0.3) is 0 Å². The van der Waals surface area contributed by atoms with Crippen LogP contribution in [0.2, 0.25) is 0 Å². The molecule has 14 heavy (non-hydrogen) atoms. The molecule has 0 aromatic rings. The Labute approximate surface area is 86.8 Å². The molecule has 1 aliphatic carbocycles. The zero-order valence-corrected chi connectivity index (χ0v) is 9.71. The summed E-state index contributed by atoms with van der Waals surface area (Å²) >= 11 is 0. The van der Waals surface area contributed by atoms with Crippen LogP contribution in [0.15, 0.2) is 0 Å². The van der Waals surface area contributed by atoms with Gasteiger partial charge in [-0.3, -0.25) is 0 Å². The molecule has 1 rings (SSSR count). The molecule has 0 aliphatic heterocycles. The van der Waals surface area contributed by atoms with Gasteiger partial charge in [-0.05, 0) is 20.3 Å². The number of hydrogen-bond acceptors (Lipinski definition) is 3. The number of aliphatic hydroxyl groups is 1. The van der Waals surface area contributed by atoms with Crippen molar-refractivity contribution in [3.63, 3.8) is 0 Å². The average molecular weight is 201 g/mol. The summed E-state index contributed by atoms with van der Waals surface area (Å²) in [5.74, 6) is 0. The Kier molecular flexibility index (Phi) is 3.93. The molecule has 0 aromatic carbocycles. The summed E-state index contributed by atoms with van der Waals surface area (Å²) in [5.41, 5.74) is 0.0198. The van der Waals surface area contributed by atoms with Gasteiger partial charge < -0.3 is 15.2 Å². The Morgan fingerprint density at radius 3 is 2.64 bits per heavy atom. The molecule has 0 bridgehead atoms. The van der Waals surface area contributed by atoms with Crippen molar-refractivity contribution in [1.82, 2.24) is 5.32 Å². The largest absolute Gasteiger partial charge is 0.392 e. The van der Waals surface area contributed by atoms with Crippen LogP contribution >= 0.6 is 0 Å². The number of nitrogens with one attached hydrogen (secondary N) is 1. The highest BCUT2D eigenvalue weighted by atomic mass is 16.5. The van der Waals surface area contributed by atoms with Crippen molar-refractivity contribution in [2.24, 2.45) is 5.41 Å². The third kappa shape index (κ3) is 2.47. The molecule has 1 saturated carbocycles. The Morgan fingerprint density at radius 2 is 2.21 bits per heavy atom. The summed E-state index contributed by atoms with van der Waals surface area (Å²) in [6.07, 6.45) is 0.974. The van der Waals surface area contributed by atoms with Crippen molar-refractivity contribution in [2.75, 3.05) is 13.2 Å². The Balaban J connectivity index is 2.20. The molecule has 0 radical (unpaired) electrons. The van der Waals surface area contributed by atoms with Crippen LogP contribution in [0.25, 0.3) is 0 Å². The van der Waals surface area contributed by atoms with Crippen LogP contribution in [0.3, 0.4) is 0 Å². The van der Waals surface area contributed by atoms with Gasteiger partial charge in [0.05, 0.1) is 12.2 Å². The molecule has 0 amide bonds. The van der Waals surface area contributed by atoms with E-state index in [0.717, 1.165) is 19.6 Å². The third-order valence-corrected chi connectivity index (χ3v) is 3.32. The fourth-order valence-electron chi connectivity index (χ4n) is 1.90. The standard InChI is InChI=1S/C11H23NO2/c1-5-14-8(2)7-12-9-6-10(13)11(9,3)4/h8-10,12-13H,5-7H2,1-4H3. The molecule has 1 aliphatic rings. The zero-order valence-electron chi connectivity index (χ0n) is 9.71. The van der Waals surface area contributed by atoms with E-state index in [1.165, 1.54) is 0 Å². The SMILES string of the molecule is CCOC(C)CNC1CC(O)C1(C)C. The summed E-state index contributed by atoms with van der Waals surface area (Å²) in [4.78, 5) is 0. The van der Waals surface area contributed by atoms with Gasteiger partial charge in [-0.1, -0.05) is 13.8 Å². The van der Waals surface area contributed by atoms with E-state index >= 15 is 0 Å². The highest BCUT2D eigenvalue weighted by molar-refractivity contribution is 5.01. The van der Waals surface area contributed by atoms with E-state index in [4.69, 9.17) is 4.74 Å². The van der Waals surface area contributed by atoms with Crippen LogP contribution in [0.4, 0.5) is 0 Å². The lowest BCUT2D eigenvalue weighted by Gasteiger charge is -2.50. The average Bonchev–Trinajstić information content (AvgIpc) is 2.12. The van der Waals surface area contributed by atoms with Crippen molar-refractivity contribution in [1.29, 1.82) is 0 Å². The van der Waals surface area contributed by atoms with Crippen molar-refractivity contribution in [2.45, 2.75) is 52.4 Å². The molecular formula is C11H23NO2. The van der Waals surface area contributed by atoms with Crippen LogP contribution in [-0.2, 0) is 4.74 Å². The minimum absolute atomic E-state index is 0.0198. The molecule has 0 spiro atoms. The zero-order chi connectivity index (χ0) is 10.8. The maximum absolute atomic E-state index is 9.54. The van der Waals surface area contributed by atoms with E-state index in [9.17, 15) is 5.11 Å². The van der Waals surface area contributed by atoms with Gasteiger partial charge in [-0.15, -0.1) is 0 Å². The second-order valence-electron chi connectivity index (χ2n) is 4.80. The fraction of sp³-hybridized carbons (Fsp3) is 1.00. The first kappa shape index (κ1) is 12.0. The minimum atomic E-state index is -0.151.